The third-order valence-corrected chi connectivity index (χ3v) is 2.53. The molecular formula is C14H27NO4. The zero-order valence-electron chi connectivity index (χ0n) is 11.6. The molecule has 5 heteroatoms. The first-order valence-electron chi connectivity index (χ1n) is 6.80. The summed E-state index contributed by atoms with van der Waals surface area (Å²) in [5.74, 6) is -1.43. The quantitative estimate of drug-likeness (QED) is 0.502. The lowest BCUT2D eigenvalue weighted by Gasteiger charge is -2.00. The van der Waals surface area contributed by atoms with E-state index >= 15 is 0 Å². The molecule has 0 heterocycles. The second-order valence-corrected chi connectivity index (χ2v) is 4.35. The molecule has 0 aromatic heterocycles. The van der Waals surface area contributed by atoms with Crippen molar-refractivity contribution in [2.45, 2.75) is 64.2 Å². The van der Waals surface area contributed by atoms with Gasteiger partial charge in [-0.1, -0.05) is 45.1 Å². The van der Waals surface area contributed by atoms with Gasteiger partial charge < -0.3 is 15.9 Å². The van der Waals surface area contributed by atoms with Gasteiger partial charge in [0.05, 0.1) is 0 Å². The summed E-state index contributed by atoms with van der Waals surface area (Å²) in [5, 5.41) is 16.8. The van der Waals surface area contributed by atoms with Crippen molar-refractivity contribution >= 4 is 11.9 Å². The Morgan fingerprint density at radius 2 is 1.00 bits per heavy atom. The van der Waals surface area contributed by atoms with Gasteiger partial charge in [-0.2, -0.15) is 0 Å². The monoisotopic (exact) mass is 273 g/mol. The smallest absolute Gasteiger partial charge is 0.303 e. The van der Waals surface area contributed by atoms with Crippen molar-refractivity contribution in [3.8, 4) is 0 Å². The van der Waals surface area contributed by atoms with Crippen molar-refractivity contribution in [2.24, 2.45) is 5.73 Å². The minimum atomic E-state index is -0.714. The van der Waals surface area contributed by atoms with Crippen LogP contribution in [0.2, 0.25) is 0 Å². The molecule has 0 aromatic carbocycles. The molecule has 0 aromatic rings. The standard InChI is InChI=1S/C12H22O4.C2H5N/c13-11(14)9-7-5-3-1-2-4-6-8-10-12(15)16;1-2-3/h1-10H2,(H,13,14)(H,15,16);2H,1,3H2. The van der Waals surface area contributed by atoms with Crippen molar-refractivity contribution < 1.29 is 19.8 Å². The molecule has 4 N–H and O–H groups in total. The Bertz CT molecular complexity index is 220. The lowest BCUT2D eigenvalue weighted by Crippen LogP contribution is -1.94. The topological polar surface area (TPSA) is 101 Å². The highest BCUT2D eigenvalue weighted by molar-refractivity contribution is 5.66. The van der Waals surface area contributed by atoms with E-state index in [-0.39, 0.29) is 12.8 Å². The molecule has 0 saturated carbocycles. The second-order valence-electron chi connectivity index (χ2n) is 4.35. The van der Waals surface area contributed by atoms with Crippen molar-refractivity contribution in [3.05, 3.63) is 12.8 Å². The number of unbranched alkanes of at least 4 members (excludes halogenated alkanes) is 7. The molecule has 0 radical (unpaired) electrons. The lowest BCUT2D eigenvalue weighted by atomic mass is 10.1. The van der Waals surface area contributed by atoms with Gasteiger partial charge in [-0.25, -0.2) is 0 Å². The molecule has 0 spiro atoms. The van der Waals surface area contributed by atoms with Crippen molar-refractivity contribution in [1.82, 2.24) is 0 Å². The van der Waals surface area contributed by atoms with E-state index in [1.54, 1.807) is 0 Å². The summed E-state index contributed by atoms with van der Waals surface area (Å²) in [6, 6.07) is 0. The highest BCUT2D eigenvalue weighted by atomic mass is 16.4. The van der Waals surface area contributed by atoms with Crippen LogP contribution in [0.25, 0.3) is 0 Å². The molecule has 0 atom stereocenters. The summed E-state index contributed by atoms with van der Waals surface area (Å²) in [5.41, 5.74) is 4.61. The summed E-state index contributed by atoms with van der Waals surface area (Å²) < 4.78 is 0. The minimum absolute atomic E-state index is 0.276. The first-order chi connectivity index (χ1) is 9.04. The van der Waals surface area contributed by atoms with Crippen LogP contribution in [0.1, 0.15) is 64.2 Å². The van der Waals surface area contributed by atoms with Gasteiger partial charge in [0.2, 0.25) is 0 Å². The fourth-order valence-corrected chi connectivity index (χ4v) is 1.61. The first-order valence-corrected chi connectivity index (χ1v) is 6.80. The van der Waals surface area contributed by atoms with Gasteiger partial charge in [0, 0.05) is 12.8 Å². The Balaban J connectivity index is 0. The Labute approximate surface area is 115 Å². The second kappa shape index (κ2) is 16.5. The molecule has 0 fully saturated rings. The first kappa shape index (κ1) is 19.8. The van der Waals surface area contributed by atoms with E-state index < -0.39 is 11.9 Å². The molecule has 0 saturated heterocycles. The minimum Gasteiger partial charge on any atom is -0.481 e. The average molecular weight is 273 g/mol. The van der Waals surface area contributed by atoms with E-state index in [1.165, 1.54) is 6.20 Å². The predicted molar refractivity (Wildman–Crippen MR) is 75.8 cm³/mol. The fourth-order valence-electron chi connectivity index (χ4n) is 1.61. The number of nitrogens with two attached hydrogens (primary N) is 1. The number of carboxylic acids is 2. The lowest BCUT2D eigenvalue weighted by molar-refractivity contribution is -0.138. The summed E-state index contributed by atoms with van der Waals surface area (Å²) in [6.07, 6.45) is 9.76. The number of hydrogen-bond acceptors (Lipinski definition) is 3. The maximum Gasteiger partial charge on any atom is 0.303 e. The third-order valence-electron chi connectivity index (χ3n) is 2.53. The van der Waals surface area contributed by atoms with Gasteiger partial charge in [0.25, 0.3) is 0 Å². The van der Waals surface area contributed by atoms with Gasteiger partial charge in [-0.05, 0) is 19.0 Å². The highest BCUT2D eigenvalue weighted by Gasteiger charge is 1.98. The van der Waals surface area contributed by atoms with Crippen LogP contribution in [-0.2, 0) is 9.59 Å². The Kier molecular flexibility index (Phi) is 17.2. The maximum absolute atomic E-state index is 10.2. The van der Waals surface area contributed by atoms with Crippen LogP contribution < -0.4 is 5.73 Å². The van der Waals surface area contributed by atoms with E-state index in [9.17, 15) is 9.59 Å². The van der Waals surface area contributed by atoms with Crippen LogP contribution in [0.15, 0.2) is 12.8 Å². The van der Waals surface area contributed by atoms with Crippen LogP contribution >= 0.6 is 0 Å². The number of hydrogen-bond donors (Lipinski definition) is 3. The summed E-state index contributed by atoms with van der Waals surface area (Å²) in [6.45, 7) is 3.14. The zero-order valence-corrected chi connectivity index (χ0v) is 11.6. The predicted octanol–water partition coefficient (Wildman–Crippen LogP) is 3.15. The molecule has 0 aliphatic rings. The largest absolute Gasteiger partial charge is 0.481 e. The highest BCUT2D eigenvalue weighted by Crippen LogP contribution is 2.10. The number of carboxylic acid groups (broad SMARTS) is 2. The molecule has 0 rings (SSSR count). The van der Waals surface area contributed by atoms with E-state index in [1.807, 2.05) is 0 Å². The van der Waals surface area contributed by atoms with Gasteiger partial charge in [-0.15, -0.1) is 0 Å². The van der Waals surface area contributed by atoms with Gasteiger partial charge in [0.1, 0.15) is 0 Å². The fraction of sp³-hybridized carbons (Fsp3) is 0.714. The number of carbonyl (C=O) groups is 2. The number of aliphatic carboxylic acids is 2. The van der Waals surface area contributed by atoms with Crippen LogP contribution in [0, 0.1) is 0 Å². The molecule has 0 unspecified atom stereocenters. The van der Waals surface area contributed by atoms with Crippen LogP contribution in [0.4, 0.5) is 0 Å². The van der Waals surface area contributed by atoms with Crippen LogP contribution in [-0.4, -0.2) is 22.2 Å². The maximum atomic E-state index is 10.2. The molecular weight excluding hydrogens is 246 g/mol. The molecule has 0 bridgehead atoms. The van der Waals surface area contributed by atoms with E-state index in [4.69, 9.17) is 10.2 Å². The van der Waals surface area contributed by atoms with Crippen LogP contribution in [0.5, 0.6) is 0 Å². The summed E-state index contributed by atoms with van der Waals surface area (Å²) in [7, 11) is 0. The van der Waals surface area contributed by atoms with Gasteiger partial charge in [0.15, 0.2) is 0 Å². The van der Waals surface area contributed by atoms with Gasteiger partial charge >= 0.3 is 11.9 Å². The van der Waals surface area contributed by atoms with Crippen LogP contribution in [0.3, 0.4) is 0 Å². The Morgan fingerprint density at radius 1 is 0.789 bits per heavy atom. The molecule has 112 valence electrons. The normalized spacial score (nSPS) is 9.26. The third kappa shape index (κ3) is 26.2. The SMILES string of the molecule is C=CN.O=C(O)CCCCCCCCCCC(=O)O. The van der Waals surface area contributed by atoms with Gasteiger partial charge in [-0.3, -0.25) is 9.59 Å². The summed E-state index contributed by atoms with van der Waals surface area (Å²) >= 11 is 0. The summed E-state index contributed by atoms with van der Waals surface area (Å²) in [4.78, 5) is 20.4. The number of rotatable bonds is 11. The molecule has 19 heavy (non-hydrogen) atoms. The molecule has 0 aliphatic heterocycles. The molecule has 0 amide bonds. The van der Waals surface area contributed by atoms with Crippen molar-refractivity contribution in [3.63, 3.8) is 0 Å². The Hall–Kier alpha value is -1.52. The average Bonchev–Trinajstić information content (AvgIpc) is 2.32. The zero-order chi connectivity index (χ0) is 14.9. The Morgan fingerprint density at radius 3 is 1.21 bits per heavy atom. The van der Waals surface area contributed by atoms with E-state index in [2.05, 4.69) is 12.3 Å². The van der Waals surface area contributed by atoms with E-state index in [0.717, 1.165) is 51.4 Å². The van der Waals surface area contributed by atoms with Crippen molar-refractivity contribution in [2.75, 3.05) is 0 Å². The molecule has 0 aliphatic carbocycles. The van der Waals surface area contributed by atoms with Crippen molar-refractivity contribution in [1.29, 1.82) is 0 Å². The molecule has 5 nitrogen and oxygen atoms in total. The van der Waals surface area contributed by atoms with E-state index in [0.29, 0.717) is 0 Å².